The highest BCUT2D eigenvalue weighted by Gasteiger charge is 2.20. The summed E-state index contributed by atoms with van der Waals surface area (Å²) >= 11 is 7.40. The number of fused-ring (bicyclic) bond motifs is 1. The Morgan fingerprint density at radius 1 is 1.27 bits per heavy atom. The van der Waals surface area contributed by atoms with Crippen LogP contribution in [0.15, 0.2) is 36.4 Å². The number of methoxy groups -OCH3 is 1. The van der Waals surface area contributed by atoms with Crippen molar-refractivity contribution in [3.8, 4) is 11.5 Å². The number of carboxylic acids is 1. The topological polar surface area (TPSA) is 98.8 Å². The minimum Gasteiger partial charge on any atom is -0.496 e. The number of benzene rings is 2. The number of ether oxygens (including phenoxy) is 2. The standard InChI is InChI=1S/C18H14ClNO5S/c1-24-13-7-9(5-6-10(13)17(20)21)25-8-11-15-12(19)3-2-4-14(15)26-16(11)18(22)23/h2-7H,8H2,1H3,(H2,20,21)(H,22,23). The second-order valence-electron chi connectivity index (χ2n) is 5.34. The minimum atomic E-state index is -1.04. The van der Waals surface area contributed by atoms with E-state index in [1.807, 2.05) is 6.07 Å². The maximum absolute atomic E-state index is 11.6. The molecule has 0 saturated carbocycles. The van der Waals surface area contributed by atoms with Gasteiger partial charge in [-0.05, 0) is 24.3 Å². The van der Waals surface area contributed by atoms with Gasteiger partial charge in [-0.3, -0.25) is 4.79 Å². The summed E-state index contributed by atoms with van der Waals surface area (Å²) in [6, 6.07) is 9.87. The van der Waals surface area contributed by atoms with E-state index in [0.717, 1.165) is 16.0 Å². The van der Waals surface area contributed by atoms with Crippen molar-refractivity contribution in [2.45, 2.75) is 6.61 Å². The fourth-order valence-electron chi connectivity index (χ4n) is 2.60. The number of nitrogens with two attached hydrogens (primary N) is 1. The Balaban J connectivity index is 1.96. The lowest BCUT2D eigenvalue weighted by atomic mass is 10.1. The van der Waals surface area contributed by atoms with Gasteiger partial charge in [-0.15, -0.1) is 11.3 Å². The van der Waals surface area contributed by atoms with Gasteiger partial charge in [0.05, 0.1) is 12.7 Å². The van der Waals surface area contributed by atoms with E-state index in [-0.39, 0.29) is 22.8 Å². The summed E-state index contributed by atoms with van der Waals surface area (Å²) in [7, 11) is 1.42. The number of carbonyl (C=O) groups excluding carboxylic acids is 1. The Hall–Kier alpha value is -2.77. The third kappa shape index (κ3) is 3.31. The number of hydrogen-bond donors (Lipinski definition) is 2. The largest absolute Gasteiger partial charge is 0.496 e. The molecule has 1 heterocycles. The molecule has 2 aromatic carbocycles. The summed E-state index contributed by atoms with van der Waals surface area (Å²) in [5, 5.41) is 10.6. The molecular formula is C18H14ClNO5S. The maximum atomic E-state index is 11.6. The second kappa shape index (κ2) is 7.23. The maximum Gasteiger partial charge on any atom is 0.346 e. The van der Waals surface area contributed by atoms with Crippen molar-refractivity contribution in [3.63, 3.8) is 0 Å². The number of halogens is 1. The molecule has 6 nitrogen and oxygen atoms in total. The molecular weight excluding hydrogens is 378 g/mol. The van der Waals surface area contributed by atoms with Crippen LogP contribution in [0.1, 0.15) is 25.6 Å². The molecule has 26 heavy (non-hydrogen) atoms. The van der Waals surface area contributed by atoms with Gasteiger partial charge in [0.2, 0.25) is 0 Å². The lowest BCUT2D eigenvalue weighted by Crippen LogP contribution is -2.12. The number of hydrogen-bond acceptors (Lipinski definition) is 5. The van der Waals surface area contributed by atoms with E-state index in [1.54, 1.807) is 18.2 Å². The Labute approximate surface area is 157 Å². The zero-order chi connectivity index (χ0) is 18.8. The van der Waals surface area contributed by atoms with Crippen molar-refractivity contribution in [3.05, 3.63) is 57.4 Å². The number of carbonyl (C=O) groups is 2. The molecule has 0 aliphatic carbocycles. The molecule has 134 valence electrons. The van der Waals surface area contributed by atoms with Crippen molar-refractivity contribution >= 4 is 44.9 Å². The van der Waals surface area contributed by atoms with E-state index in [0.29, 0.717) is 21.7 Å². The molecule has 0 atom stereocenters. The van der Waals surface area contributed by atoms with E-state index < -0.39 is 11.9 Å². The molecule has 0 radical (unpaired) electrons. The lowest BCUT2D eigenvalue weighted by Gasteiger charge is -2.11. The molecule has 3 aromatic rings. The third-order valence-corrected chi connectivity index (χ3v) is 5.28. The number of aromatic carboxylic acids is 1. The highest BCUT2D eigenvalue weighted by molar-refractivity contribution is 7.21. The van der Waals surface area contributed by atoms with Gasteiger partial charge < -0.3 is 20.3 Å². The van der Waals surface area contributed by atoms with E-state index in [4.69, 9.17) is 26.8 Å². The van der Waals surface area contributed by atoms with E-state index in [2.05, 4.69) is 0 Å². The molecule has 0 unspecified atom stereocenters. The molecule has 8 heteroatoms. The van der Waals surface area contributed by atoms with E-state index in [9.17, 15) is 14.7 Å². The van der Waals surface area contributed by atoms with Crippen LogP contribution in [0.4, 0.5) is 0 Å². The van der Waals surface area contributed by atoms with Crippen LogP contribution in [0.3, 0.4) is 0 Å². The molecule has 0 aliphatic rings. The fraction of sp³-hybridized carbons (Fsp3) is 0.111. The van der Waals surface area contributed by atoms with Crippen molar-refractivity contribution in [2.75, 3.05) is 7.11 Å². The summed E-state index contributed by atoms with van der Waals surface area (Å²) in [5.74, 6) is -0.962. The molecule has 0 aliphatic heterocycles. The Morgan fingerprint density at radius 3 is 2.69 bits per heavy atom. The predicted molar refractivity (Wildman–Crippen MR) is 99.6 cm³/mol. The Kier molecular flexibility index (Phi) is 5.01. The van der Waals surface area contributed by atoms with Crippen molar-refractivity contribution < 1.29 is 24.2 Å². The second-order valence-corrected chi connectivity index (χ2v) is 6.80. The number of primary amides is 1. The monoisotopic (exact) mass is 391 g/mol. The number of amides is 1. The van der Waals surface area contributed by atoms with Crippen LogP contribution in [0, 0.1) is 0 Å². The summed E-state index contributed by atoms with van der Waals surface area (Å²) in [6.45, 7) is 0.00440. The van der Waals surface area contributed by atoms with Crippen LogP contribution in [-0.2, 0) is 6.61 Å². The van der Waals surface area contributed by atoms with Crippen LogP contribution in [-0.4, -0.2) is 24.1 Å². The van der Waals surface area contributed by atoms with Crippen LogP contribution < -0.4 is 15.2 Å². The molecule has 3 rings (SSSR count). The predicted octanol–water partition coefficient (Wildman–Crippen LogP) is 3.94. The van der Waals surface area contributed by atoms with Crippen molar-refractivity contribution in [1.29, 1.82) is 0 Å². The first-order chi connectivity index (χ1) is 12.4. The minimum absolute atomic E-state index is 0.00440. The SMILES string of the molecule is COc1cc(OCc2c(C(=O)O)sc3cccc(Cl)c23)ccc1C(N)=O. The summed E-state index contributed by atoms with van der Waals surface area (Å²) < 4.78 is 11.6. The molecule has 0 bridgehead atoms. The zero-order valence-corrected chi connectivity index (χ0v) is 15.2. The molecule has 0 spiro atoms. The third-order valence-electron chi connectivity index (χ3n) is 3.78. The van der Waals surface area contributed by atoms with Gasteiger partial charge in [-0.2, -0.15) is 0 Å². The van der Waals surface area contributed by atoms with Crippen LogP contribution in [0.2, 0.25) is 5.02 Å². The fourth-order valence-corrected chi connectivity index (χ4v) is 4.02. The van der Waals surface area contributed by atoms with Gasteiger partial charge in [0.1, 0.15) is 23.0 Å². The number of thiophene rings is 1. The van der Waals surface area contributed by atoms with Gasteiger partial charge in [0.25, 0.3) is 5.91 Å². The first kappa shape index (κ1) is 18.0. The van der Waals surface area contributed by atoms with Gasteiger partial charge in [0, 0.05) is 26.7 Å². The Morgan fingerprint density at radius 2 is 2.04 bits per heavy atom. The normalized spacial score (nSPS) is 10.7. The van der Waals surface area contributed by atoms with E-state index >= 15 is 0 Å². The van der Waals surface area contributed by atoms with Gasteiger partial charge in [0.15, 0.2) is 0 Å². The summed E-state index contributed by atoms with van der Waals surface area (Å²) in [4.78, 5) is 23.1. The van der Waals surface area contributed by atoms with Crippen LogP contribution in [0.5, 0.6) is 11.5 Å². The average molecular weight is 392 g/mol. The molecule has 3 N–H and O–H groups in total. The quantitative estimate of drug-likeness (QED) is 0.663. The van der Waals surface area contributed by atoms with Crippen molar-refractivity contribution in [1.82, 2.24) is 0 Å². The number of carboxylic acid groups (broad SMARTS) is 1. The molecule has 0 saturated heterocycles. The van der Waals surface area contributed by atoms with Gasteiger partial charge >= 0.3 is 5.97 Å². The van der Waals surface area contributed by atoms with Crippen LogP contribution >= 0.6 is 22.9 Å². The highest BCUT2D eigenvalue weighted by Crippen LogP contribution is 2.37. The Bertz CT molecular complexity index is 1010. The van der Waals surface area contributed by atoms with Gasteiger partial charge in [-0.25, -0.2) is 4.79 Å². The lowest BCUT2D eigenvalue weighted by molar-refractivity contribution is 0.0699. The number of rotatable bonds is 6. The van der Waals surface area contributed by atoms with Crippen LogP contribution in [0.25, 0.3) is 10.1 Å². The first-order valence-corrected chi connectivity index (χ1v) is 8.65. The molecule has 1 aromatic heterocycles. The summed E-state index contributed by atoms with van der Waals surface area (Å²) in [5.41, 5.74) is 6.02. The average Bonchev–Trinajstić information content (AvgIpc) is 2.99. The van der Waals surface area contributed by atoms with Crippen molar-refractivity contribution in [2.24, 2.45) is 5.73 Å². The van der Waals surface area contributed by atoms with E-state index in [1.165, 1.54) is 19.2 Å². The smallest absolute Gasteiger partial charge is 0.346 e. The molecule has 1 amide bonds. The first-order valence-electron chi connectivity index (χ1n) is 7.46. The highest BCUT2D eigenvalue weighted by atomic mass is 35.5. The zero-order valence-electron chi connectivity index (χ0n) is 13.6. The summed E-state index contributed by atoms with van der Waals surface area (Å²) in [6.07, 6.45) is 0. The van der Waals surface area contributed by atoms with Gasteiger partial charge in [-0.1, -0.05) is 17.7 Å². The molecule has 0 fully saturated rings.